The van der Waals surface area contributed by atoms with Crippen LogP contribution in [0.5, 0.6) is 0 Å². The highest BCUT2D eigenvalue weighted by molar-refractivity contribution is 6.31. The van der Waals surface area contributed by atoms with Gasteiger partial charge in [-0.15, -0.1) is 0 Å². The van der Waals surface area contributed by atoms with Gasteiger partial charge in [0.25, 0.3) is 6.43 Å². The van der Waals surface area contributed by atoms with Gasteiger partial charge < -0.3 is 5.32 Å². The minimum Gasteiger partial charge on any atom is -0.321 e. The molecule has 2 aromatic rings. The molecule has 0 aromatic carbocycles. The van der Waals surface area contributed by atoms with E-state index in [4.69, 9.17) is 11.6 Å². The van der Waals surface area contributed by atoms with Crippen molar-refractivity contribution in [3.63, 3.8) is 0 Å². The van der Waals surface area contributed by atoms with Crippen LogP contribution in [0.15, 0.2) is 0 Å². The Morgan fingerprint density at radius 3 is 2.50 bits per heavy atom. The zero-order chi connectivity index (χ0) is 18.2. The van der Waals surface area contributed by atoms with Crippen molar-refractivity contribution in [1.29, 1.82) is 0 Å². The minimum absolute atomic E-state index is 0.000774. The summed E-state index contributed by atoms with van der Waals surface area (Å²) in [6, 6.07) is 0. The molecule has 0 unspecified atom stereocenters. The third-order valence-electron chi connectivity index (χ3n) is 3.14. The number of aryl methyl sites for hydroxylation is 1. The smallest absolute Gasteiger partial charge is 0.321 e. The molecule has 0 radical (unpaired) electrons. The van der Waals surface area contributed by atoms with E-state index in [9.17, 15) is 26.7 Å². The maximum Gasteiger partial charge on any atom is 0.437 e. The lowest BCUT2D eigenvalue weighted by atomic mass is 10.3. The number of H-pyrrole nitrogens is 1. The number of carbonyl (C=O) groups excluding carboxylic acids is 1. The van der Waals surface area contributed by atoms with Crippen LogP contribution in [0.1, 0.15) is 29.2 Å². The molecule has 0 aliphatic carbocycles. The summed E-state index contributed by atoms with van der Waals surface area (Å²) in [7, 11) is 0. The Bertz CT molecular complexity index is 767. The highest BCUT2D eigenvalue weighted by atomic mass is 35.5. The number of anilines is 1. The second-order valence-electron chi connectivity index (χ2n) is 4.86. The van der Waals surface area contributed by atoms with Gasteiger partial charge in [-0.2, -0.15) is 23.4 Å². The van der Waals surface area contributed by atoms with Gasteiger partial charge in [0, 0.05) is 0 Å². The summed E-state index contributed by atoms with van der Waals surface area (Å²) in [6.07, 6.45) is -7.70. The highest BCUT2D eigenvalue weighted by Gasteiger charge is 2.38. The van der Waals surface area contributed by atoms with Crippen LogP contribution in [-0.4, -0.2) is 25.9 Å². The van der Waals surface area contributed by atoms with E-state index in [2.05, 4.69) is 20.6 Å². The van der Waals surface area contributed by atoms with Crippen molar-refractivity contribution < 1.29 is 26.7 Å². The fraction of sp³-hybridized carbons (Fsp3) is 0.417. The van der Waals surface area contributed by atoms with Gasteiger partial charge in [0.15, 0.2) is 5.69 Å². The maximum absolute atomic E-state index is 12.8. The van der Waals surface area contributed by atoms with Crippen molar-refractivity contribution in [2.24, 2.45) is 0 Å². The molecule has 0 aliphatic heterocycles. The molecule has 1 amide bonds. The van der Waals surface area contributed by atoms with Gasteiger partial charge in [-0.3, -0.25) is 14.6 Å². The van der Waals surface area contributed by atoms with Crippen molar-refractivity contribution >= 4 is 23.2 Å². The van der Waals surface area contributed by atoms with Crippen molar-refractivity contribution in [1.82, 2.24) is 20.0 Å². The Morgan fingerprint density at radius 1 is 1.38 bits per heavy atom. The second-order valence-corrected chi connectivity index (χ2v) is 5.24. The molecule has 0 aliphatic rings. The summed E-state index contributed by atoms with van der Waals surface area (Å²) in [5.74, 6) is -0.895. The van der Waals surface area contributed by atoms with Crippen LogP contribution >= 0.6 is 11.6 Å². The Kier molecular flexibility index (Phi) is 4.83. The Hall–Kier alpha value is -2.17. The standard InChI is InChI=1S/C12H11ClF5N5O/c1-4-8(10(21-20-4)12(16,17)18)19-6(24)3-23-5(2)7(13)9(22-23)11(14)15/h11H,3H2,1-2H3,(H,19,24)(H,20,21). The number of aromatic amines is 1. The molecule has 2 N–H and O–H groups in total. The predicted molar refractivity (Wildman–Crippen MR) is 73.9 cm³/mol. The molecule has 0 saturated heterocycles. The van der Waals surface area contributed by atoms with Gasteiger partial charge in [0.1, 0.15) is 12.2 Å². The summed E-state index contributed by atoms with van der Waals surface area (Å²) in [5.41, 5.74) is -2.41. The van der Waals surface area contributed by atoms with Crippen molar-refractivity contribution in [3.05, 3.63) is 27.8 Å². The van der Waals surface area contributed by atoms with E-state index in [-0.39, 0.29) is 16.4 Å². The third kappa shape index (κ3) is 3.50. The van der Waals surface area contributed by atoms with Gasteiger partial charge in [0.05, 0.1) is 22.1 Å². The number of hydrogen-bond donors (Lipinski definition) is 2. The molecule has 132 valence electrons. The molecule has 2 aromatic heterocycles. The summed E-state index contributed by atoms with van der Waals surface area (Å²) in [6.45, 7) is 2.07. The van der Waals surface area contributed by atoms with Crippen molar-refractivity contribution in [2.45, 2.75) is 33.0 Å². The molecule has 0 fully saturated rings. The van der Waals surface area contributed by atoms with E-state index in [0.29, 0.717) is 0 Å². The number of hydrogen-bond acceptors (Lipinski definition) is 3. The normalized spacial score (nSPS) is 12.0. The topological polar surface area (TPSA) is 75.6 Å². The van der Waals surface area contributed by atoms with E-state index in [0.717, 1.165) is 4.68 Å². The van der Waals surface area contributed by atoms with Crippen LogP contribution in [0.2, 0.25) is 5.02 Å². The maximum atomic E-state index is 12.8. The fourth-order valence-electron chi connectivity index (χ4n) is 1.94. The van der Waals surface area contributed by atoms with Gasteiger partial charge in [-0.25, -0.2) is 8.78 Å². The summed E-state index contributed by atoms with van der Waals surface area (Å²) < 4.78 is 64.7. The van der Waals surface area contributed by atoms with Gasteiger partial charge >= 0.3 is 6.18 Å². The van der Waals surface area contributed by atoms with Gasteiger partial charge in [-0.1, -0.05) is 11.6 Å². The molecular weight excluding hydrogens is 361 g/mol. The van der Waals surface area contributed by atoms with Crippen LogP contribution in [-0.2, 0) is 17.5 Å². The minimum atomic E-state index is -4.76. The SMILES string of the molecule is Cc1[nH]nc(C(F)(F)F)c1NC(=O)Cn1nc(C(F)F)c(Cl)c1C. The molecule has 2 rings (SSSR count). The van der Waals surface area contributed by atoms with E-state index in [1.807, 2.05) is 0 Å². The number of amides is 1. The lowest BCUT2D eigenvalue weighted by molar-refractivity contribution is -0.140. The zero-order valence-corrected chi connectivity index (χ0v) is 13.1. The summed E-state index contributed by atoms with van der Waals surface area (Å²) in [4.78, 5) is 11.9. The van der Waals surface area contributed by atoms with Gasteiger partial charge in [0.2, 0.25) is 5.91 Å². The highest BCUT2D eigenvalue weighted by Crippen LogP contribution is 2.34. The quantitative estimate of drug-likeness (QED) is 0.808. The van der Waals surface area contributed by atoms with E-state index in [1.54, 1.807) is 0 Å². The first-order valence-corrected chi connectivity index (χ1v) is 6.83. The summed E-state index contributed by atoms with van der Waals surface area (Å²) >= 11 is 5.69. The number of nitrogens with one attached hydrogen (secondary N) is 2. The second kappa shape index (κ2) is 6.38. The molecular formula is C12H11ClF5N5O. The molecule has 0 spiro atoms. The number of aromatic nitrogens is 4. The van der Waals surface area contributed by atoms with E-state index < -0.39 is 42.1 Å². The molecule has 12 heteroatoms. The number of halogens is 6. The predicted octanol–water partition coefficient (Wildman–Crippen LogP) is 3.47. The van der Waals surface area contributed by atoms with E-state index in [1.165, 1.54) is 13.8 Å². The largest absolute Gasteiger partial charge is 0.437 e. The number of alkyl halides is 5. The monoisotopic (exact) mass is 371 g/mol. The molecule has 0 atom stereocenters. The zero-order valence-electron chi connectivity index (χ0n) is 12.3. The van der Waals surface area contributed by atoms with Crippen LogP contribution in [0, 0.1) is 13.8 Å². The van der Waals surface area contributed by atoms with Crippen molar-refractivity contribution in [2.75, 3.05) is 5.32 Å². The Balaban J connectivity index is 2.21. The van der Waals surface area contributed by atoms with Crippen LogP contribution in [0.3, 0.4) is 0 Å². The Morgan fingerprint density at radius 2 is 2.00 bits per heavy atom. The lowest BCUT2D eigenvalue weighted by Gasteiger charge is -2.09. The molecule has 24 heavy (non-hydrogen) atoms. The molecule has 0 bridgehead atoms. The number of carbonyl (C=O) groups is 1. The third-order valence-corrected chi connectivity index (χ3v) is 3.61. The first kappa shape index (κ1) is 18.2. The molecule has 2 heterocycles. The first-order valence-electron chi connectivity index (χ1n) is 6.45. The number of nitrogens with zero attached hydrogens (tertiary/aromatic N) is 3. The lowest BCUT2D eigenvalue weighted by Crippen LogP contribution is -2.22. The van der Waals surface area contributed by atoms with Crippen LogP contribution in [0.4, 0.5) is 27.6 Å². The number of rotatable bonds is 4. The van der Waals surface area contributed by atoms with Gasteiger partial charge in [-0.05, 0) is 13.8 Å². The Labute approximate surface area is 137 Å². The van der Waals surface area contributed by atoms with Crippen molar-refractivity contribution in [3.8, 4) is 0 Å². The molecule has 0 saturated carbocycles. The van der Waals surface area contributed by atoms with E-state index >= 15 is 0 Å². The average Bonchev–Trinajstić information content (AvgIpc) is 2.94. The molecule has 6 nitrogen and oxygen atoms in total. The average molecular weight is 372 g/mol. The van der Waals surface area contributed by atoms with Crippen LogP contribution < -0.4 is 5.32 Å². The first-order chi connectivity index (χ1) is 11.0. The fourth-order valence-corrected chi connectivity index (χ4v) is 2.16. The van der Waals surface area contributed by atoms with Crippen LogP contribution in [0.25, 0.3) is 0 Å². The summed E-state index contributed by atoms with van der Waals surface area (Å²) in [5, 5.41) is 10.5.